The number of amides is 2. The number of nitrogens with zero attached hydrogens (tertiary/aromatic N) is 3. The molecule has 34 heavy (non-hydrogen) atoms. The molecule has 2 amide bonds. The zero-order chi connectivity index (χ0) is 23.2. The van der Waals surface area contributed by atoms with Crippen molar-refractivity contribution in [1.29, 1.82) is 0 Å². The van der Waals surface area contributed by atoms with Crippen LogP contribution in [-0.4, -0.2) is 46.5 Å². The summed E-state index contributed by atoms with van der Waals surface area (Å²) in [5.74, 6) is 1.25. The van der Waals surface area contributed by atoms with E-state index in [1.165, 1.54) is 16.7 Å². The van der Waals surface area contributed by atoms with Crippen LogP contribution < -0.4 is 21.1 Å². The van der Waals surface area contributed by atoms with Gasteiger partial charge in [0.05, 0.1) is 28.8 Å². The average Bonchev–Trinajstić information content (AvgIpc) is 3.40. The number of hydrogen-bond acceptors (Lipinski definition) is 7. The third-order valence-corrected chi connectivity index (χ3v) is 7.53. The molecule has 9 nitrogen and oxygen atoms in total. The number of rotatable bonds is 6. The number of cyclic esters (lactones) is 1. The van der Waals surface area contributed by atoms with Gasteiger partial charge in [0.1, 0.15) is 17.7 Å². The summed E-state index contributed by atoms with van der Waals surface area (Å²) in [5.41, 5.74) is 2.19. The van der Waals surface area contributed by atoms with Crippen LogP contribution >= 0.6 is 11.8 Å². The second-order valence-corrected chi connectivity index (χ2v) is 9.70. The van der Waals surface area contributed by atoms with E-state index >= 15 is 0 Å². The number of carbonyl (C=O) groups is 2. The molecule has 2 atom stereocenters. The molecule has 2 aromatic heterocycles. The molecule has 3 aliphatic heterocycles. The lowest BCUT2D eigenvalue weighted by Gasteiger charge is -2.18. The number of para-hydroxylation sites is 1. The molecule has 174 valence electrons. The van der Waals surface area contributed by atoms with Crippen LogP contribution in [0.2, 0.25) is 0 Å². The summed E-state index contributed by atoms with van der Waals surface area (Å²) in [7, 11) is 0. The highest BCUT2D eigenvalue weighted by molar-refractivity contribution is 8.00. The van der Waals surface area contributed by atoms with Crippen molar-refractivity contribution in [2.45, 2.75) is 36.4 Å². The Labute approximate surface area is 199 Å². The molecular formula is C24H23N5O4S. The molecular weight excluding hydrogens is 454 g/mol. The summed E-state index contributed by atoms with van der Waals surface area (Å²) in [6.45, 7) is 1.80. The Kier molecular flexibility index (Phi) is 5.26. The number of anilines is 2. The zero-order valence-corrected chi connectivity index (χ0v) is 19.1. The second kappa shape index (κ2) is 8.44. The van der Waals surface area contributed by atoms with Crippen molar-refractivity contribution in [3.05, 3.63) is 58.4 Å². The molecule has 1 fully saturated rings. The van der Waals surface area contributed by atoms with Gasteiger partial charge in [-0.3, -0.25) is 14.5 Å². The number of nitrogens with one attached hydrogen (secondary N) is 2. The maximum atomic E-state index is 12.4. The van der Waals surface area contributed by atoms with E-state index in [0.29, 0.717) is 30.5 Å². The quantitative estimate of drug-likeness (QED) is 0.526. The molecule has 0 spiro atoms. The molecule has 1 saturated heterocycles. The summed E-state index contributed by atoms with van der Waals surface area (Å²) in [4.78, 5) is 43.2. The van der Waals surface area contributed by atoms with Crippen LogP contribution in [0.3, 0.4) is 0 Å². The van der Waals surface area contributed by atoms with Crippen LogP contribution in [0.5, 0.6) is 0 Å². The Hall–Kier alpha value is -3.37. The predicted octanol–water partition coefficient (Wildman–Crippen LogP) is 2.89. The number of pyridine rings is 2. The Balaban J connectivity index is 1.05. The van der Waals surface area contributed by atoms with E-state index in [9.17, 15) is 14.4 Å². The van der Waals surface area contributed by atoms with Crippen molar-refractivity contribution < 1.29 is 14.3 Å². The highest BCUT2D eigenvalue weighted by Gasteiger charge is 2.33. The lowest BCUT2D eigenvalue weighted by atomic mass is 10.1. The van der Waals surface area contributed by atoms with Gasteiger partial charge in [-0.2, -0.15) is 0 Å². The predicted molar refractivity (Wildman–Crippen MR) is 129 cm³/mol. The fraction of sp³-hybridized carbons (Fsp3) is 0.333. The smallest absolute Gasteiger partial charge is 0.415 e. The van der Waals surface area contributed by atoms with E-state index in [-0.39, 0.29) is 23.6 Å². The first kappa shape index (κ1) is 21.2. The molecule has 0 radical (unpaired) electrons. The van der Waals surface area contributed by atoms with E-state index in [1.807, 2.05) is 28.8 Å². The van der Waals surface area contributed by atoms with Crippen LogP contribution in [0.15, 0.2) is 52.2 Å². The van der Waals surface area contributed by atoms with Crippen molar-refractivity contribution >= 4 is 46.3 Å². The molecule has 1 aromatic carbocycles. The van der Waals surface area contributed by atoms with Crippen molar-refractivity contribution in [1.82, 2.24) is 14.9 Å². The SMILES string of the molecule is O=C1CSc2ccc(N3C[C@@H](CCCN[C@@H]4Cn5c(=O)ccc6cccc4c65)OC3=O)nc2N1. The first-order valence-corrected chi connectivity index (χ1v) is 12.3. The zero-order valence-electron chi connectivity index (χ0n) is 18.3. The first-order chi connectivity index (χ1) is 16.6. The average molecular weight is 478 g/mol. The minimum absolute atomic E-state index is 0.0242. The topological polar surface area (TPSA) is 106 Å². The highest BCUT2D eigenvalue weighted by Crippen LogP contribution is 2.33. The van der Waals surface area contributed by atoms with Gasteiger partial charge >= 0.3 is 6.09 Å². The fourth-order valence-electron chi connectivity index (χ4n) is 4.87. The maximum Gasteiger partial charge on any atom is 0.415 e. The molecule has 3 aliphatic rings. The summed E-state index contributed by atoms with van der Waals surface area (Å²) < 4.78 is 7.40. The van der Waals surface area contributed by atoms with E-state index < -0.39 is 6.09 Å². The normalized spacial score (nSPS) is 21.0. The first-order valence-electron chi connectivity index (χ1n) is 11.3. The van der Waals surface area contributed by atoms with Crippen molar-refractivity contribution in [2.24, 2.45) is 0 Å². The van der Waals surface area contributed by atoms with Crippen molar-refractivity contribution in [2.75, 3.05) is 29.1 Å². The van der Waals surface area contributed by atoms with Crippen LogP contribution in [0, 0.1) is 0 Å². The number of ether oxygens (including phenoxy) is 1. The Morgan fingerprint density at radius 1 is 1.12 bits per heavy atom. The van der Waals surface area contributed by atoms with E-state index in [0.717, 1.165) is 40.7 Å². The number of thioether (sulfide) groups is 1. The van der Waals surface area contributed by atoms with Gasteiger partial charge in [0.15, 0.2) is 0 Å². The third-order valence-electron chi connectivity index (χ3n) is 6.48. The monoisotopic (exact) mass is 477 g/mol. The molecule has 5 heterocycles. The van der Waals surface area contributed by atoms with Gasteiger partial charge in [-0.25, -0.2) is 9.78 Å². The lowest BCUT2D eigenvalue weighted by molar-refractivity contribution is -0.113. The minimum Gasteiger partial charge on any atom is -0.444 e. The van der Waals surface area contributed by atoms with Crippen molar-refractivity contribution in [3.63, 3.8) is 0 Å². The standard InChI is InChI=1S/C24H23N5O4S/c30-20-13-34-18-7-8-19(26-23(18)27-20)28-11-15(33-24(28)32)4-2-10-25-17-12-29-21(31)9-6-14-3-1-5-16(17)22(14)29/h1,3,5-9,15,17,25H,2,4,10-13H2,(H,26,27,30)/t15-,17-/m1/s1. The molecule has 0 saturated carbocycles. The lowest BCUT2D eigenvalue weighted by Crippen LogP contribution is -2.28. The van der Waals surface area contributed by atoms with Gasteiger partial charge in [-0.15, -0.1) is 11.8 Å². The number of carbonyl (C=O) groups excluding carboxylic acids is 2. The largest absolute Gasteiger partial charge is 0.444 e. The highest BCUT2D eigenvalue weighted by atomic mass is 32.2. The van der Waals surface area contributed by atoms with E-state index in [1.54, 1.807) is 12.1 Å². The third kappa shape index (κ3) is 3.72. The van der Waals surface area contributed by atoms with Gasteiger partial charge in [0, 0.05) is 12.6 Å². The van der Waals surface area contributed by atoms with Crippen LogP contribution in [0.25, 0.3) is 10.9 Å². The number of aromatic nitrogens is 2. The maximum absolute atomic E-state index is 12.4. The molecule has 0 unspecified atom stereocenters. The van der Waals surface area contributed by atoms with Gasteiger partial charge in [0.25, 0.3) is 5.56 Å². The number of hydrogen-bond donors (Lipinski definition) is 2. The van der Waals surface area contributed by atoms with Crippen LogP contribution in [0.4, 0.5) is 16.4 Å². The minimum atomic E-state index is -0.419. The van der Waals surface area contributed by atoms with E-state index in [4.69, 9.17) is 4.74 Å². The van der Waals surface area contributed by atoms with Crippen LogP contribution in [0.1, 0.15) is 24.4 Å². The molecule has 2 N–H and O–H groups in total. The Morgan fingerprint density at radius 3 is 2.94 bits per heavy atom. The van der Waals surface area contributed by atoms with Gasteiger partial charge in [-0.05, 0) is 48.5 Å². The summed E-state index contributed by atoms with van der Waals surface area (Å²) in [5, 5.41) is 7.40. The Bertz CT molecular complexity index is 1370. The van der Waals surface area contributed by atoms with Gasteiger partial charge in [0.2, 0.25) is 5.91 Å². The molecule has 6 rings (SSSR count). The molecule has 0 bridgehead atoms. The molecule has 3 aromatic rings. The van der Waals surface area contributed by atoms with Crippen LogP contribution in [-0.2, 0) is 16.1 Å². The number of benzene rings is 1. The summed E-state index contributed by atoms with van der Waals surface area (Å²) >= 11 is 1.43. The number of fused-ring (bicyclic) bond motifs is 1. The van der Waals surface area contributed by atoms with Crippen molar-refractivity contribution in [3.8, 4) is 0 Å². The van der Waals surface area contributed by atoms with E-state index in [2.05, 4.69) is 21.7 Å². The second-order valence-electron chi connectivity index (χ2n) is 8.69. The molecule has 10 heteroatoms. The fourth-order valence-corrected chi connectivity index (χ4v) is 5.63. The molecule has 0 aliphatic carbocycles. The Morgan fingerprint density at radius 2 is 2.03 bits per heavy atom. The summed E-state index contributed by atoms with van der Waals surface area (Å²) in [6.07, 6.45) is 0.908. The van der Waals surface area contributed by atoms with Gasteiger partial charge < -0.3 is 19.9 Å². The summed E-state index contributed by atoms with van der Waals surface area (Å²) in [6, 6.07) is 13.4. The van der Waals surface area contributed by atoms with Gasteiger partial charge in [-0.1, -0.05) is 18.2 Å².